The maximum Gasteiger partial charge on any atom is 0.253 e. The molecule has 45 heavy (non-hydrogen) atoms. The van der Waals surface area contributed by atoms with E-state index in [1.165, 1.54) is 32.1 Å². The van der Waals surface area contributed by atoms with Crippen molar-refractivity contribution in [3.8, 4) is 11.5 Å². The fourth-order valence-electron chi connectivity index (χ4n) is 9.92. The third-order valence-electron chi connectivity index (χ3n) is 12.2. The molecule has 0 radical (unpaired) electrons. The number of hydrogen-bond acceptors (Lipinski definition) is 4. The van der Waals surface area contributed by atoms with Gasteiger partial charge in [0, 0.05) is 24.6 Å². The molecule has 3 unspecified atom stereocenters. The second-order valence-electron chi connectivity index (χ2n) is 14.9. The molecule has 0 bridgehead atoms. The largest absolute Gasteiger partial charge is 0.508 e. The van der Waals surface area contributed by atoms with Gasteiger partial charge in [0.05, 0.1) is 12.7 Å². The minimum Gasteiger partial charge on any atom is -0.508 e. The highest BCUT2D eigenvalue weighted by Crippen LogP contribution is 2.63. The van der Waals surface area contributed by atoms with Crippen molar-refractivity contribution >= 4 is 5.91 Å². The second kappa shape index (κ2) is 14.0. The van der Waals surface area contributed by atoms with E-state index in [0.717, 1.165) is 80.5 Å². The van der Waals surface area contributed by atoms with Gasteiger partial charge in [0.15, 0.2) is 0 Å². The number of phenols is 1. The van der Waals surface area contributed by atoms with Crippen LogP contribution in [0, 0.1) is 29.1 Å². The van der Waals surface area contributed by atoms with Crippen molar-refractivity contribution in [3.63, 3.8) is 0 Å². The topological polar surface area (TPSA) is 70.0 Å². The van der Waals surface area contributed by atoms with E-state index in [2.05, 4.69) is 11.8 Å². The quantitative estimate of drug-likeness (QED) is 0.248. The summed E-state index contributed by atoms with van der Waals surface area (Å²) in [7, 11) is 0. The zero-order chi connectivity index (χ0) is 31.6. The minimum absolute atomic E-state index is 0.116. The number of amides is 1. The summed E-state index contributed by atoms with van der Waals surface area (Å²) in [5.74, 6) is 2.48. The number of aliphatic hydroxyl groups excluding tert-OH is 1. The number of nitrogens with zero attached hydrogens (tertiary/aromatic N) is 1. The molecule has 6 heteroatoms. The molecular formula is C39H54FNO4. The van der Waals surface area contributed by atoms with Gasteiger partial charge in [-0.1, -0.05) is 45.1 Å². The molecule has 5 nitrogen and oxygen atoms in total. The van der Waals surface area contributed by atoms with Gasteiger partial charge in [-0.25, -0.2) is 4.39 Å². The molecule has 1 amide bonds. The van der Waals surface area contributed by atoms with Crippen LogP contribution in [-0.4, -0.2) is 53.0 Å². The number of carbonyl (C=O) groups excluding carboxylic acids is 1. The van der Waals surface area contributed by atoms with Crippen LogP contribution in [0.1, 0.15) is 118 Å². The average molecular weight is 620 g/mol. The van der Waals surface area contributed by atoms with Crippen molar-refractivity contribution in [2.75, 3.05) is 19.7 Å². The highest BCUT2D eigenvalue weighted by atomic mass is 19.1. The Morgan fingerprint density at radius 1 is 1.02 bits per heavy atom. The third-order valence-corrected chi connectivity index (χ3v) is 12.2. The summed E-state index contributed by atoms with van der Waals surface area (Å²) in [6.07, 6.45) is 11.9. The molecule has 2 N–H and O–H groups in total. The van der Waals surface area contributed by atoms with Crippen LogP contribution in [0.4, 0.5) is 4.39 Å². The molecule has 0 spiro atoms. The van der Waals surface area contributed by atoms with Crippen LogP contribution in [0.3, 0.4) is 0 Å². The number of fused-ring (bicyclic) bond motifs is 5. The Bertz CT molecular complexity index is 1290. The fourth-order valence-corrected chi connectivity index (χ4v) is 9.92. The number of hydrogen-bond donors (Lipinski definition) is 2. The number of aromatic hydroxyl groups is 1. The Morgan fingerprint density at radius 2 is 1.80 bits per heavy atom. The Hall–Kier alpha value is -2.60. The zero-order valence-corrected chi connectivity index (χ0v) is 27.4. The van der Waals surface area contributed by atoms with Gasteiger partial charge in [-0.15, -0.1) is 0 Å². The molecule has 2 aromatic rings. The smallest absolute Gasteiger partial charge is 0.253 e. The molecule has 246 valence electrons. The monoisotopic (exact) mass is 619 g/mol. The summed E-state index contributed by atoms with van der Waals surface area (Å²) in [4.78, 5) is 15.8. The highest BCUT2D eigenvalue weighted by Gasteiger charge is 2.59. The van der Waals surface area contributed by atoms with E-state index in [0.29, 0.717) is 30.8 Å². The van der Waals surface area contributed by atoms with Gasteiger partial charge in [-0.05, 0) is 135 Å². The normalized spacial score (nSPS) is 31.1. The SMILES string of the molecule is CCOc1ccc(C(=O)N(CCCCC[C@@H]2Cc3cc(O)ccc3C3C2C2CC[C@H](O)[C@@]2(C)C[C@@H]3F)CC2CCCCC2)cc1. The number of aliphatic hydroxyl groups is 1. The van der Waals surface area contributed by atoms with Crippen LogP contribution in [0.25, 0.3) is 0 Å². The lowest BCUT2D eigenvalue weighted by Gasteiger charge is -2.54. The number of ether oxygens (including phenoxy) is 1. The molecule has 6 rings (SSSR count). The zero-order valence-electron chi connectivity index (χ0n) is 27.4. The number of rotatable bonds is 11. The first kappa shape index (κ1) is 32.3. The number of carbonyl (C=O) groups is 1. The lowest BCUT2D eigenvalue weighted by atomic mass is 9.51. The van der Waals surface area contributed by atoms with Crippen molar-refractivity contribution in [1.82, 2.24) is 4.90 Å². The standard InChI is InChI=1S/C39H54FNO4/c1-3-45-31-16-13-27(14-17-31)38(44)41(25-26-10-6-4-7-11-26)21-9-5-8-12-28-22-29-23-30(42)15-18-32(29)37-34(40)24-39(2)33(36(28)37)19-20-35(39)43/h13-18,23,26,28,33-37,42-43H,3-12,19-22,24-25H2,1-2H3/t28-,33?,34+,35+,36?,37?,39+/m1/s1. The Labute approximate surface area is 269 Å². The van der Waals surface area contributed by atoms with Crippen LogP contribution in [0.2, 0.25) is 0 Å². The van der Waals surface area contributed by atoms with E-state index in [1.54, 1.807) is 6.07 Å². The number of unbranched alkanes of at least 4 members (excludes halogenated alkanes) is 2. The van der Waals surface area contributed by atoms with E-state index >= 15 is 4.39 Å². The Balaban J connectivity index is 1.11. The molecule has 0 saturated heterocycles. The number of halogens is 1. The van der Waals surface area contributed by atoms with Gasteiger partial charge in [0.2, 0.25) is 0 Å². The molecule has 0 heterocycles. The molecule has 4 aliphatic rings. The van der Waals surface area contributed by atoms with Crippen molar-refractivity contribution in [2.24, 2.45) is 29.1 Å². The maximum absolute atomic E-state index is 16.1. The summed E-state index contributed by atoms with van der Waals surface area (Å²) in [6, 6.07) is 13.1. The summed E-state index contributed by atoms with van der Waals surface area (Å²) in [5.41, 5.74) is 2.56. The molecule has 2 aromatic carbocycles. The van der Waals surface area contributed by atoms with Crippen LogP contribution in [0.15, 0.2) is 42.5 Å². The third kappa shape index (κ3) is 6.77. The van der Waals surface area contributed by atoms with Crippen molar-refractivity contribution in [2.45, 2.75) is 116 Å². The van der Waals surface area contributed by atoms with Gasteiger partial charge in [-0.3, -0.25) is 4.79 Å². The average Bonchev–Trinajstić information content (AvgIpc) is 3.33. The maximum atomic E-state index is 16.1. The number of benzene rings is 2. The van der Waals surface area contributed by atoms with Crippen molar-refractivity contribution in [3.05, 3.63) is 59.2 Å². The summed E-state index contributed by atoms with van der Waals surface area (Å²) >= 11 is 0. The van der Waals surface area contributed by atoms with E-state index in [9.17, 15) is 15.0 Å². The molecule has 3 fully saturated rings. The molecule has 0 aliphatic heterocycles. The number of phenolic OH excluding ortho intramolecular Hbond substituents is 1. The molecule has 4 aliphatic carbocycles. The van der Waals surface area contributed by atoms with Crippen LogP contribution < -0.4 is 4.74 Å². The molecule has 3 saturated carbocycles. The van der Waals surface area contributed by atoms with Crippen molar-refractivity contribution < 1.29 is 24.1 Å². The van der Waals surface area contributed by atoms with E-state index in [-0.39, 0.29) is 28.9 Å². The summed E-state index contributed by atoms with van der Waals surface area (Å²) in [5, 5.41) is 21.2. The van der Waals surface area contributed by atoms with Gasteiger partial charge in [-0.2, -0.15) is 0 Å². The van der Waals surface area contributed by atoms with Gasteiger partial charge in [0.1, 0.15) is 17.7 Å². The number of alkyl halides is 1. The summed E-state index contributed by atoms with van der Waals surface area (Å²) in [6.45, 7) is 6.29. The Kier molecular flexibility index (Phi) is 10.1. The summed E-state index contributed by atoms with van der Waals surface area (Å²) < 4.78 is 21.7. The first-order chi connectivity index (χ1) is 21.8. The first-order valence-corrected chi connectivity index (χ1v) is 17.9. The predicted molar refractivity (Wildman–Crippen MR) is 176 cm³/mol. The second-order valence-corrected chi connectivity index (χ2v) is 14.9. The lowest BCUT2D eigenvalue weighted by Crippen LogP contribution is -2.51. The van der Waals surface area contributed by atoms with Gasteiger partial charge >= 0.3 is 0 Å². The molecular weight excluding hydrogens is 565 g/mol. The van der Waals surface area contributed by atoms with E-state index < -0.39 is 12.3 Å². The van der Waals surface area contributed by atoms with Gasteiger partial charge in [0.25, 0.3) is 5.91 Å². The molecule has 0 aromatic heterocycles. The van der Waals surface area contributed by atoms with Crippen LogP contribution in [0.5, 0.6) is 11.5 Å². The van der Waals surface area contributed by atoms with Crippen LogP contribution >= 0.6 is 0 Å². The minimum atomic E-state index is -0.975. The first-order valence-electron chi connectivity index (χ1n) is 17.9. The Morgan fingerprint density at radius 3 is 2.56 bits per heavy atom. The van der Waals surface area contributed by atoms with Crippen LogP contribution in [-0.2, 0) is 6.42 Å². The van der Waals surface area contributed by atoms with Gasteiger partial charge < -0.3 is 19.8 Å². The highest BCUT2D eigenvalue weighted by molar-refractivity contribution is 5.94. The van der Waals surface area contributed by atoms with E-state index in [4.69, 9.17) is 4.74 Å². The lowest BCUT2D eigenvalue weighted by molar-refractivity contribution is -0.0722. The molecule has 7 atom stereocenters. The van der Waals surface area contributed by atoms with E-state index in [1.807, 2.05) is 43.3 Å². The van der Waals surface area contributed by atoms with Crippen molar-refractivity contribution in [1.29, 1.82) is 0 Å². The fraction of sp³-hybridized carbons (Fsp3) is 0.667. The predicted octanol–water partition coefficient (Wildman–Crippen LogP) is 8.47.